The Morgan fingerprint density at radius 3 is 2.67 bits per heavy atom. The van der Waals surface area contributed by atoms with Gasteiger partial charge in [-0.1, -0.05) is 11.6 Å². The van der Waals surface area contributed by atoms with Crippen LogP contribution in [0.15, 0.2) is 12.1 Å². The summed E-state index contributed by atoms with van der Waals surface area (Å²) in [6, 6.07) is 1.69. The van der Waals surface area contributed by atoms with E-state index in [1.54, 1.807) is 0 Å². The molecule has 0 spiro atoms. The van der Waals surface area contributed by atoms with Crippen LogP contribution < -0.4 is 5.73 Å². The molecule has 0 aliphatic carbocycles. The van der Waals surface area contributed by atoms with E-state index in [0.717, 1.165) is 6.07 Å². The molecule has 1 aromatic carbocycles. The van der Waals surface area contributed by atoms with Crippen molar-refractivity contribution in [2.45, 2.75) is 6.42 Å². The molecule has 0 aliphatic heterocycles. The Bertz CT molecular complexity index is 436. The van der Waals surface area contributed by atoms with E-state index < -0.39 is 22.3 Å². The van der Waals surface area contributed by atoms with E-state index in [1.807, 2.05) is 0 Å². The molecule has 0 aliphatic rings. The van der Waals surface area contributed by atoms with Crippen molar-refractivity contribution in [3.63, 3.8) is 0 Å². The van der Waals surface area contributed by atoms with E-state index in [-0.39, 0.29) is 17.0 Å². The highest BCUT2D eigenvalue weighted by Crippen LogP contribution is 2.26. The number of amides is 1. The van der Waals surface area contributed by atoms with Crippen LogP contribution in [0.2, 0.25) is 5.02 Å². The Balaban J connectivity index is 3.28. The first-order valence-corrected chi connectivity index (χ1v) is 4.20. The third-order valence-corrected chi connectivity index (χ3v) is 1.97. The topological polar surface area (TPSA) is 86.2 Å². The molecule has 0 fully saturated rings. The second kappa shape index (κ2) is 4.22. The van der Waals surface area contributed by atoms with Crippen LogP contribution in [-0.4, -0.2) is 10.8 Å². The highest BCUT2D eigenvalue weighted by molar-refractivity contribution is 6.30. The summed E-state index contributed by atoms with van der Waals surface area (Å²) < 4.78 is 12.9. The number of carbonyl (C=O) groups excluding carboxylic acids is 1. The first kappa shape index (κ1) is 11.4. The molecule has 0 saturated carbocycles. The minimum Gasteiger partial charge on any atom is -0.369 e. The van der Waals surface area contributed by atoms with Gasteiger partial charge < -0.3 is 5.73 Å². The molecule has 0 saturated heterocycles. The largest absolute Gasteiger partial charge is 0.369 e. The van der Waals surface area contributed by atoms with Crippen LogP contribution in [0.5, 0.6) is 0 Å². The summed E-state index contributed by atoms with van der Waals surface area (Å²) in [4.78, 5) is 20.3. The van der Waals surface area contributed by atoms with E-state index in [4.69, 9.17) is 17.3 Å². The van der Waals surface area contributed by atoms with E-state index in [1.165, 1.54) is 0 Å². The van der Waals surface area contributed by atoms with Crippen molar-refractivity contribution in [2.24, 2.45) is 5.73 Å². The standard InChI is InChI=1S/C8H6ClFN2O3/c9-5-1-4(2-8(11)13)7(12(14)15)3-6(5)10/h1,3H,2H2,(H2,11,13). The molecule has 0 heterocycles. The zero-order chi connectivity index (χ0) is 11.6. The molecule has 0 unspecified atom stereocenters. The van der Waals surface area contributed by atoms with Gasteiger partial charge in [0, 0.05) is 5.56 Å². The monoisotopic (exact) mass is 232 g/mol. The predicted molar refractivity (Wildman–Crippen MR) is 51.0 cm³/mol. The van der Waals surface area contributed by atoms with Gasteiger partial charge in [-0.25, -0.2) is 4.39 Å². The van der Waals surface area contributed by atoms with Crippen LogP contribution in [0.3, 0.4) is 0 Å². The summed E-state index contributed by atoms with van der Waals surface area (Å²) in [6.45, 7) is 0. The Labute approximate surface area is 88.8 Å². The molecule has 0 atom stereocenters. The fraction of sp³-hybridized carbons (Fsp3) is 0.125. The third kappa shape index (κ3) is 2.63. The van der Waals surface area contributed by atoms with E-state index in [9.17, 15) is 19.3 Å². The van der Waals surface area contributed by atoms with Gasteiger partial charge in [-0.3, -0.25) is 14.9 Å². The number of hydrogen-bond donors (Lipinski definition) is 1. The summed E-state index contributed by atoms with van der Waals surface area (Å²) in [6.07, 6.45) is -0.351. The molecule has 5 nitrogen and oxygen atoms in total. The SMILES string of the molecule is NC(=O)Cc1cc(Cl)c(F)cc1[N+](=O)[O-]. The molecule has 1 rings (SSSR count). The smallest absolute Gasteiger partial charge is 0.276 e. The van der Waals surface area contributed by atoms with Crippen molar-refractivity contribution in [2.75, 3.05) is 0 Å². The number of nitro groups is 1. The molecule has 7 heteroatoms. The van der Waals surface area contributed by atoms with Gasteiger partial charge in [0.25, 0.3) is 5.69 Å². The molecule has 0 bridgehead atoms. The summed E-state index contributed by atoms with van der Waals surface area (Å²) in [5.41, 5.74) is 4.38. The van der Waals surface area contributed by atoms with Gasteiger partial charge in [0.2, 0.25) is 5.91 Å². The molecular formula is C8H6ClFN2O3. The lowest BCUT2D eigenvalue weighted by Crippen LogP contribution is -2.14. The Hall–Kier alpha value is -1.69. The van der Waals surface area contributed by atoms with Crippen LogP contribution in [0.1, 0.15) is 5.56 Å². The molecule has 0 radical (unpaired) electrons. The molecular weight excluding hydrogens is 227 g/mol. The molecule has 80 valence electrons. The van der Waals surface area contributed by atoms with Gasteiger partial charge in [0.1, 0.15) is 5.82 Å². The normalized spacial score (nSPS) is 10.0. The van der Waals surface area contributed by atoms with Crippen LogP contribution in [-0.2, 0) is 11.2 Å². The molecule has 0 aromatic heterocycles. The lowest BCUT2D eigenvalue weighted by Gasteiger charge is -2.02. The zero-order valence-corrected chi connectivity index (χ0v) is 8.12. The fourth-order valence-electron chi connectivity index (χ4n) is 1.08. The van der Waals surface area contributed by atoms with Gasteiger partial charge >= 0.3 is 0 Å². The van der Waals surface area contributed by atoms with Gasteiger partial charge in [-0.05, 0) is 6.07 Å². The number of nitrogens with two attached hydrogens (primary N) is 1. The molecule has 2 N–H and O–H groups in total. The van der Waals surface area contributed by atoms with Gasteiger partial charge in [0.15, 0.2) is 0 Å². The summed E-state index contributed by atoms with van der Waals surface area (Å²) in [5, 5.41) is 10.2. The first-order valence-electron chi connectivity index (χ1n) is 3.82. The van der Waals surface area contributed by atoms with Crippen LogP contribution in [0, 0.1) is 15.9 Å². The second-order valence-electron chi connectivity index (χ2n) is 2.80. The van der Waals surface area contributed by atoms with E-state index in [2.05, 4.69) is 0 Å². The third-order valence-electron chi connectivity index (χ3n) is 1.68. The summed E-state index contributed by atoms with van der Waals surface area (Å²) >= 11 is 5.42. The Kier molecular flexibility index (Phi) is 3.21. The van der Waals surface area contributed by atoms with Crippen molar-refractivity contribution < 1.29 is 14.1 Å². The Morgan fingerprint density at radius 2 is 2.20 bits per heavy atom. The van der Waals surface area contributed by atoms with E-state index >= 15 is 0 Å². The van der Waals surface area contributed by atoms with Crippen molar-refractivity contribution in [1.82, 2.24) is 0 Å². The summed E-state index contributed by atoms with van der Waals surface area (Å²) in [7, 11) is 0. The molecule has 1 amide bonds. The Morgan fingerprint density at radius 1 is 1.60 bits per heavy atom. The number of hydrogen-bond acceptors (Lipinski definition) is 3. The average Bonchev–Trinajstić information content (AvgIpc) is 2.09. The number of carbonyl (C=O) groups is 1. The lowest BCUT2D eigenvalue weighted by atomic mass is 10.1. The molecule has 1 aromatic rings. The minimum absolute atomic E-state index is 0.00102. The predicted octanol–water partition coefficient (Wildman–Crippen LogP) is 1.42. The van der Waals surface area contributed by atoms with Crippen molar-refractivity contribution in [3.05, 3.63) is 38.7 Å². The highest BCUT2D eigenvalue weighted by Gasteiger charge is 2.18. The van der Waals surface area contributed by atoms with Gasteiger partial charge in [-0.15, -0.1) is 0 Å². The maximum atomic E-state index is 12.9. The second-order valence-corrected chi connectivity index (χ2v) is 3.20. The fourth-order valence-corrected chi connectivity index (χ4v) is 1.26. The zero-order valence-electron chi connectivity index (χ0n) is 7.37. The summed E-state index contributed by atoms with van der Waals surface area (Å²) in [5.74, 6) is -1.66. The number of nitrogens with zero attached hydrogens (tertiary/aromatic N) is 1. The number of halogens is 2. The number of primary amides is 1. The van der Waals surface area contributed by atoms with Crippen molar-refractivity contribution >= 4 is 23.2 Å². The lowest BCUT2D eigenvalue weighted by molar-refractivity contribution is -0.385. The van der Waals surface area contributed by atoms with E-state index in [0.29, 0.717) is 6.07 Å². The maximum absolute atomic E-state index is 12.9. The highest BCUT2D eigenvalue weighted by atomic mass is 35.5. The average molecular weight is 233 g/mol. The first-order chi connectivity index (χ1) is 6.91. The van der Waals surface area contributed by atoms with Crippen LogP contribution >= 0.6 is 11.6 Å². The van der Waals surface area contributed by atoms with Crippen LogP contribution in [0.4, 0.5) is 10.1 Å². The number of rotatable bonds is 3. The minimum atomic E-state index is -0.906. The number of benzene rings is 1. The van der Waals surface area contributed by atoms with Gasteiger partial charge in [0.05, 0.1) is 22.4 Å². The van der Waals surface area contributed by atoms with Crippen molar-refractivity contribution in [1.29, 1.82) is 0 Å². The van der Waals surface area contributed by atoms with Gasteiger partial charge in [-0.2, -0.15) is 0 Å². The van der Waals surface area contributed by atoms with Crippen LogP contribution in [0.25, 0.3) is 0 Å². The number of nitro benzene ring substituents is 1. The molecule has 15 heavy (non-hydrogen) atoms. The quantitative estimate of drug-likeness (QED) is 0.631. The van der Waals surface area contributed by atoms with Crippen molar-refractivity contribution in [3.8, 4) is 0 Å². The maximum Gasteiger partial charge on any atom is 0.276 e.